The Labute approximate surface area is 117 Å². The summed E-state index contributed by atoms with van der Waals surface area (Å²) in [5.74, 6) is 0.502. The summed E-state index contributed by atoms with van der Waals surface area (Å²) in [5.41, 5.74) is 9.04. The highest BCUT2D eigenvalue weighted by Gasteiger charge is 2.21. The molecule has 1 atom stereocenters. The lowest BCUT2D eigenvalue weighted by Gasteiger charge is -2.21. The van der Waals surface area contributed by atoms with Crippen LogP contribution in [0.4, 0.5) is 0 Å². The van der Waals surface area contributed by atoms with Gasteiger partial charge in [-0.15, -0.1) is 0 Å². The lowest BCUT2D eigenvalue weighted by molar-refractivity contribution is 0.0950. The van der Waals surface area contributed by atoms with E-state index in [9.17, 15) is 4.79 Å². The fourth-order valence-electron chi connectivity index (χ4n) is 2.17. The Kier molecular flexibility index (Phi) is 4.92. The predicted molar refractivity (Wildman–Crippen MR) is 81.6 cm³/mol. The lowest BCUT2D eigenvalue weighted by atomic mass is 9.84. The Bertz CT molecular complexity index is 455. The van der Waals surface area contributed by atoms with Gasteiger partial charge in [-0.1, -0.05) is 46.8 Å². The minimum atomic E-state index is -0.395. The maximum Gasteiger partial charge on any atom is 0.179 e. The fourth-order valence-corrected chi connectivity index (χ4v) is 2.17. The summed E-state index contributed by atoms with van der Waals surface area (Å²) < 4.78 is 0. The Morgan fingerprint density at radius 3 is 2.32 bits per heavy atom. The molecule has 0 aliphatic carbocycles. The van der Waals surface area contributed by atoms with E-state index >= 15 is 0 Å². The van der Waals surface area contributed by atoms with Crippen molar-refractivity contribution in [3.05, 3.63) is 34.9 Å². The van der Waals surface area contributed by atoms with Gasteiger partial charge in [0.05, 0.1) is 6.04 Å². The van der Waals surface area contributed by atoms with Gasteiger partial charge in [0.1, 0.15) is 0 Å². The molecule has 0 saturated carbocycles. The van der Waals surface area contributed by atoms with E-state index in [1.807, 2.05) is 19.1 Å². The van der Waals surface area contributed by atoms with E-state index < -0.39 is 6.04 Å². The summed E-state index contributed by atoms with van der Waals surface area (Å²) in [6, 6.07) is 5.74. The second-order valence-electron chi connectivity index (χ2n) is 6.88. The standard InChI is InChI=1S/C17H27NO/c1-11(2)9-15(18)16(19)14-10-13(17(4,5)6)8-7-12(14)3/h7-8,10-11,15H,9,18H2,1-6H3. The normalized spacial score (nSPS) is 13.7. The maximum atomic E-state index is 12.5. The number of carbonyl (C=O) groups is 1. The Hall–Kier alpha value is -1.15. The predicted octanol–water partition coefficient (Wildman–Crippen LogP) is 3.85. The molecule has 2 N–H and O–H groups in total. The van der Waals surface area contributed by atoms with Crippen LogP contribution in [0.25, 0.3) is 0 Å². The molecule has 1 rings (SSSR count). The molecule has 0 aromatic heterocycles. The zero-order chi connectivity index (χ0) is 14.8. The van der Waals surface area contributed by atoms with Crippen LogP contribution in [0.5, 0.6) is 0 Å². The van der Waals surface area contributed by atoms with Crippen molar-refractivity contribution >= 4 is 5.78 Å². The van der Waals surface area contributed by atoms with Crippen LogP contribution in [0.15, 0.2) is 18.2 Å². The van der Waals surface area contributed by atoms with Crippen LogP contribution in [-0.4, -0.2) is 11.8 Å². The first-order valence-corrected chi connectivity index (χ1v) is 7.04. The van der Waals surface area contributed by atoms with Gasteiger partial charge in [-0.25, -0.2) is 0 Å². The molecular weight excluding hydrogens is 234 g/mol. The van der Waals surface area contributed by atoms with Crippen LogP contribution in [0.1, 0.15) is 62.5 Å². The van der Waals surface area contributed by atoms with Gasteiger partial charge < -0.3 is 5.73 Å². The molecule has 106 valence electrons. The van der Waals surface area contributed by atoms with E-state index in [2.05, 4.69) is 40.7 Å². The van der Waals surface area contributed by atoms with Crippen molar-refractivity contribution in [2.75, 3.05) is 0 Å². The third kappa shape index (κ3) is 4.17. The minimum absolute atomic E-state index is 0.0465. The summed E-state index contributed by atoms with van der Waals surface area (Å²) >= 11 is 0. The van der Waals surface area contributed by atoms with Crippen molar-refractivity contribution < 1.29 is 4.79 Å². The monoisotopic (exact) mass is 261 g/mol. The third-order valence-corrected chi connectivity index (χ3v) is 3.43. The van der Waals surface area contributed by atoms with Crippen molar-refractivity contribution in [3.63, 3.8) is 0 Å². The average molecular weight is 261 g/mol. The van der Waals surface area contributed by atoms with Gasteiger partial charge in [0.25, 0.3) is 0 Å². The molecule has 0 radical (unpaired) electrons. The molecule has 1 aromatic rings. The van der Waals surface area contributed by atoms with Crippen molar-refractivity contribution in [1.29, 1.82) is 0 Å². The Morgan fingerprint density at radius 1 is 1.26 bits per heavy atom. The number of rotatable bonds is 4. The average Bonchev–Trinajstić information content (AvgIpc) is 2.26. The molecule has 0 aliphatic rings. The van der Waals surface area contributed by atoms with Crippen LogP contribution < -0.4 is 5.73 Å². The molecule has 0 aliphatic heterocycles. The molecule has 0 bridgehead atoms. The smallest absolute Gasteiger partial charge is 0.179 e. The number of nitrogens with two attached hydrogens (primary N) is 1. The molecule has 0 fully saturated rings. The van der Waals surface area contributed by atoms with Gasteiger partial charge in [0.2, 0.25) is 0 Å². The number of Topliss-reactive ketones (excluding diaryl/α,β-unsaturated/α-hetero) is 1. The Balaban J connectivity index is 3.09. The van der Waals surface area contributed by atoms with Gasteiger partial charge in [-0.05, 0) is 41.9 Å². The highest BCUT2D eigenvalue weighted by Crippen LogP contribution is 2.25. The van der Waals surface area contributed by atoms with Crippen LogP contribution in [-0.2, 0) is 5.41 Å². The number of carbonyl (C=O) groups excluding carboxylic acids is 1. The summed E-state index contributed by atoms with van der Waals surface area (Å²) in [7, 11) is 0. The van der Waals surface area contributed by atoms with E-state index in [4.69, 9.17) is 5.73 Å². The van der Waals surface area contributed by atoms with Crippen molar-refractivity contribution in [2.45, 2.75) is 59.4 Å². The third-order valence-electron chi connectivity index (χ3n) is 3.43. The molecule has 2 nitrogen and oxygen atoms in total. The summed E-state index contributed by atoms with van der Waals surface area (Å²) in [4.78, 5) is 12.5. The quantitative estimate of drug-likeness (QED) is 0.837. The molecule has 0 spiro atoms. The van der Waals surface area contributed by atoms with Crippen molar-refractivity contribution in [2.24, 2.45) is 11.7 Å². The number of hydrogen-bond acceptors (Lipinski definition) is 2. The van der Waals surface area contributed by atoms with Gasteiger partial charge in [0, 0.05) is 5.56 Å². The highest BCUT2D eigenvalue weighted by atomic mass is 16.1. The zero-order valence-electron chi connectivity index (χ0n) is 13.1. The van der Waals surface area contributed by atoms with Gasteiger partial charge in [-0.3, -0.25) is 4.79 Å². The molecule has 19 heavy (non-hydrogen) atoms. The SMILES string of the molecule is Cc1ccc(C(C)(C)C)cc1C(=O)C(N)CC(C)C. The first-order chi connectivity index (χ1) is 8.62. The number of aryl methyl sites for hydroxylation is 1. The molecule has 1 unspecified atom stereocenters. The molecule has 0 amide bonds. The maximum absolute atomic E-state index is 12.5. The van der Waals surface area contributed by atoms with Crippen molar-refractivity contribution in [1.82, 2.24) is 0 Å². The fraction of sp³-hybridized carbons (Fsp3) is 0.588. The molecule has 1 aromatic carbocycles. The van der Waals surface area contributed by atoms with Crippen LogP contribution in [0.3, 0.4) is 0 Å². The zero-order valence-corrected chi connectivity index (χ0v) is 13.1. The topological polar surface area (TPSA) is 43.1 Å². The van der Waals surface area contributed by atoms with E-state index in [0.29, 0.717) is 5.92 Å². The van der Waals surface area contributed by atoms with Gasteiger partial charge in [0.15, 0.2) is 5.78 Å². The Morgan fingerprint density at radius 2 is 1.84 bits per heavy atom. The molecule has 2 heteroatoms. The summed E-state index contributed by atoms with van der Waals surface area (Å²) in [6.45, 7) is 12.6. The van der Waals surface area contributed by atoms with Crippen LogP contribution in [0.2, 0.25) is 0 Å². The number of benzene rings is 1. The van der Waals surface area contributed by atoms with E-state index in [0.717, 1.165) is 17.5 Å². The highest BCUT2D eigenvalue weighted by molar-refractivity contribution is 6.01. The lowest BCUT2D eigenvalue weighted by Crippen LogP contribution is -2.32. The minimum Gasteiger partial charge on any atom is -0.321 e. The second-order valence-corrected chi connectivity index (χ2v) is 6.88. The van der Waals surface area contributed by atoms with Crippen molar-refractivity contribution in [3.8, 4) is 0 Å². The van der Waals surface area contributed by atoms with E-state index in [1.54, 1.807) is 0 Å². The first-order valence-electron chi connectivity index (χ1n) is 7.04. The van der Waals surface area contributed by atoms with Crippen LogP contribution >= 0.6 is 0 Å². The number of ketones is 1. The molecular formula is C17H27NO. The van der Waals surface area contributed by atoms with Crippen LogP contribution in [0, 0.1) is 12.8 Å². The van der Waals surface area contributed by atoms with E-state index in [-0.39, 0.29) is 11.2 Å². The van der Waals surface area contributed by atoms with Gasteiger partial charge >= 0.3 is 0 Å². The molecule has 0 heterocycles. The second kappa shape index (κ2) is 5.87. The summed E-state index contributed by atoms with van der Waals surface area (Å²) in [5, 5.41) is 0. The largest absolute Gasteiger partial charge is 0.321 e. The first kappa shape index (κ1) is 15.9. The summed E-state index contributed by atoms with van der Waals surface area (Å²) in [6.07, 6.45) is 0.734. The van der Waals surface area contributed by atoms with Gasteiger partial charge in [-0.2, -0.15) is 0 Å². The molecule has 0 saturated heterocycles. The van der Waals surface area contributed by atoms with E-state index in [1.165, 1.54) is 5.56 Å². The number of hydrogen-bond donors (Lipinski definition) is 1.